The molecule has 0 bridgehead atoms. The van der Waals surface area contributed by atoms with Gasteiger partial charge in [-0.15, -0.1) is 0 Å². The highest BCUT2D eigenvalue weighted by molar-refractivity contribution is 5.80. The summed E-state index contributed by atoms with van der Waals surface area (Å²) >= 11 is 0. The number of nitrogens with zero attached hydrogens (tertiary/aromatic N) is 3. The fourth-order valence-corrected chi connectivity index (χ4v) is 4.88. The minimum absolute atomic E-state index is 0.211. The number of carbonyl (C=O) groups excluding carboxylic acids is 1. The zero-order valence-corrected chi connectivity index (χ0v) is 14.3. The molecule has 3 fully saturated rings. The van der Waals surface area contributed by atoms with Crippen LogP contribution in [0.1, 0.15) is 31.2 Å². The number of likely N-dealkylation sites (tertiary alicyclic amines) is 1. The van der Waals surface area contributed by atoms with Gasteiger partial charge in [-0.1, -0.05) is 6.42 Å². The van der Waals surface area contributed by atoms with E-state index in [1.165, 1.54) is 24.8 Å². The van der Waals surface area contributed by atoms with Crippen LogP contribution in [0.4, 0.5) is 0 Å². The third-order valence-electron chi connectivity index (χ3n) is 6.15. The van der Waals surface area contributed by atoms with E-state index in [9.17, 15) is 4.79 Å². The number of pyridine rings is 1. The SMILES string of the molecule is O=C([C@H]1CCC[C@@]12CCN(Cc1ccncc1)C2)N1CCOCC1. The lowest BCUT2D eigenvalue weighted by molar-refractivity contribution is -0.143. The van der Waals surface area contributed by atoms with Gasteiger partial charge in [-0.05, 0) is 48.9 Å². The van der Waals surface area contributed by atoms with Gasteiger partial charge < -0.3 is 9.64 Å². The van der Waals surface area contributed by atoms with Gasteiger partial charge in [0.2, 0.25) is 5.91 Å². The van der Waals surface area contributed by atoms with E-state index in [2.05, 4.69) is 22.0 Å². The maximum absolute atomic E-state index is 13.1. The standard InChI is InChI=1S/C19H27N3O2/c23-18(22-10-12-24-13-11-22)17-2-1-5-19(17)6-9-21(15-19)14-16-3-7-20-8-4-16/h3-4,7-8,17H,1-2,5-6,9-15H2/t17-,19+/m1/s1. The van der Waals surface area contributed by atoms with E-state index in [0.717, 1.165) is 39.1 Å². The molecule has 5 heteroatoms. The Morgan fingerprint density at radius 2 is 2.00 bits per heavy atom. The molecule has 3 heterocycles. The van der Waals surface area contributed by atoms with Crippen molar-refractivity contribution in [1.29, 1.82) is 0 Å². The van der Waals surface area contributed by atoms with Gasteiger partial charge in [-0.3, -0.25) is 14.7 Å². The Morgan fingerprint density at radius 3 is 2.79 bits per heavy atom. The second-order valence-corrected chi connectivity index (χ2v) is 7.56. The quantitative estimate of drug-likeness (QED) is 0.850. The predicted octanol–water partition coefficient (Wildman–Crippen LogP) is 1.93. The smallest absolute Gasteiger partial charge is 0.226 e. The Balaban J connectivity index is 1.43. The van der Waals surface area contributed by atoms with Gasteiger partial charge in [-0.2, -0.15) is 0 Å². The monoisotopic (exact) mass is 329 g/mol. The van der Waals surface area contributed by atoms with Crippen molar-refractivity contribution >= 4 is 5.91 Å². The number of aromatic nitrogens is 1. The first-order chi connectivity index (χ1) is 11.8. The van der Waals surface area contributed by atoms with E-state index in [1.54, 1.807) is 0 Å². The highest BCUT2D eigenvalue weighted by Crippen LogP contribution is 2.50. The molecule has 130 valence electrons. The molecule has 24 heavy (non-hydrogen) atoms. The number of hydrogen-bond acceptors (Lipinski definition) is 4. The van der Waals surface area contributed by atoms with Crippen molar-refractivity contribution in [3.05, 3.63) is 30.1 Å². The number of hydrogen-bond donors (Lipinski definition) is 0. The number of amides is 1. The molecule has 0 radical (unpaired) electrons. The van der Waals surface area contributed by atoms with Crippen molar-refractivity contribution in [2.75, 3.05) is 39.4 Å². The van der Waals surface area contributed by atoms with Crippen LogP contribution in [-0.2, 0) is 16.1 Å². The summed E-state index contributed by atoms with van der Waals surface area (Å²) in [5.41, 5.74) is 1.53. The number of morpholine rings is 1. The molecule has 1 aromatic rings. The molecule has 2 atom stereocenters. The molecule has 1 aromatic heterocycles. The first-order valence-electron chi connectivity index (χ1n) is 9.25. The summed E-state index contributed by atoms with van der Waals surface area (Å²) in [5, 5.41) is 0. The van der Waals surface area contributed by atoms with Crippen LogP contribution >= 0.6 is 0 Å². The average molecular weight is 329 g/mol. The van der Waals surface area contributed by atoms with E-state index in [-0.39, 0.29) is 11.3 Å². The molecule has 2 saturated heterocycles. The van der Waals surface area contributed by atoms with E-state index < -0.39 is 0 Å². The lowest BCUT2D eigenvalue weighted by atomic mass is 9.76. The number of ether oxygens (including phenoxy) is 1. The molecular weight excluding hydrogens is 302 g/mol. The molecule has 2 aliphatic heterocycles. The van der Waals surface area contributed by atoms with Crippen LogP contribution in [0.2, 0.25) is 0 Å². The summed E-state index contributed by atoms with van der Waals surface area (Å²) in [6.07, 6.45) is 8.37. The maximum Gasteiger partial charge on any atom is 0.226 e. The predicted molar refractivity (Wildman–Crippen MR) is 91.3 cm³/mol. The lowest BCUT2D eigenvalue weighted by Gasteiger charge is -2.36. The van der Waals surface area contributed by atoms with Crippen LogP contribution in [0.3, 0.4) is 0 Å². The van der Waals surface area contributed by atoms with Gasteiger partial charge in [0.25, 0.3) is 0 Å². The largest absolute Gasteiger partial charge is 0.378 e. The molecule has 0 N–H and O–H groups in total. The molecule has 1 saturated carbocycles. The lowest BCUT2D eigenvalue weighted by Crippen LogP contribution is -2.47. The molecule has 1 amide bonds. The van der Waals surface area contributed by atoms with Crippen molar-refractivity contribution in [2.24, 2.45) is 11.3 Å². The zero-order chi connectivity index (χ0) is 16.4. The summed E-state index contributed by atoms with van der Waals surface area (Å²) in [7, 11) is 0. The van der Waals surface area contributed by atoms with Gasteiger partial charge in [-0.25, -0.2) is 0 Å². The van der Waals surface area contributed by atoms with Crippen molar-refractivity contribution in [3.8, 4) is 0 Å². The Morgan fingerprint density at radius 1 is 1.21 bits per heavy atom. The Bertz CT molecular complexity index is 573. The third-order valence-corrected chi connectivity index (χ3v) is 6.15. The van der Waals surface area contributed by atoms with Crippen molar-refractivity contribution in [3.63, 3.8) is 0 Å². The number of rotatable bonds is 3. The average Bonchev–Trinajstić information content (AvgIpc) is 3.23. The Labute approximate surface area is 144 Å². The van der Waals surface area contributed by atoms with Gasteiger partial charge in [0, 0.05) is 44.5 Å². The molecule has 1 spiro atoms. The first kappa shape index (κ1) is 16.0. The van der Waals surface area contributed by atoms with Gasteiger partial charge >= 0.3 is 0 Å². The van der Waals surface area contributed by atoms with E-state index in [1.807, 2.05) is 17.3 Å². The van der Waals surface area contributed by atoms with E-state index in [4.69, 9.17) is 4.74 Å². The van der Waals surface area contributed by atoms with Gasteiger partial charge in [0.1, 0.15) is 0 Å². The summed E-state index contributed by atoms with van der Waals surface area (Å²) in [4.78, 5) is 21.7. The number of carbonyl (C=O) groups is 1. The van der Waals surface area contributed by atoms with Crippen LogP contribution in [-0.4, -0.2) is 60.1 Å². The molecular formula is C19H27N3O2. The van der Waals surface area contributed by atoms with E-state index >= 15 is 0 Å². The minimum atomic E-state index is 0.211. The molecule has 0 unspecified atom stereocenters. The van der Waals surface area contributed by atoms with Crippen molar-refractivity contribution < 1.29 is 9.53 Å². The summed E-state index contributed by atoms with van der Waals surface area (Å²) in [6, 6.07) is 4.19. The highest BCUT2D eigenvalue weighted by atomic mass is 16.5. The highest BCUT2D eigenvalue weighted by Gasteiger charge is 2.51. The summed E-state index contributed by atoms with van der Waals surface area (Å²) in [5.74, 6) is 0.611. The molecule has 1 aliphatic carbocycles. The van der Waals surface area contributed by atoms with Crippen LogP contribution < -0.4 is 0 Å². The summed E-state index contributed by atoms with van der Waals surface area (Å²) < 4.78 is 5.41. The second-order valence-electron chi connectivity index (χ2n) is 7.56. The van der Waals surface area contributed by atoms with Crippen LogP contribution in [0.15, 0.2) is 24.5 Å². The van der Waals surface area contributed by atoms with Crippen molar-refractivity contribution in [1.82, 2.24) is 14.8 Å². The van der Waals surface area contributed by atoms with E-state index in [0.29, 0.717) is 19.1 Å². The summed E-state index contributed by atoms with van der Waals surface area (Å²) in [6.45, 7) is 6.07. The van der Waals surface area contributed by atoms with Gasteiger partial charge in [0.15, 0.2) is 0 Å². The molecule has 4 rings (SSSR count). The minimum Gasteiger partial charge on any atom is -0.378 e. The Hall–Kier alpha value is -1.46. The zero-order valence-electron chi connectivity index (χ0n) is 14.3. The Kier molecular flexibility index (Phi) is 4.55. The second kappa shape index (κ2) is 6.81. The van der Waals surface area contributed by atoms with Crippen LogP contribution in [0.5, 0.6) is 0 Å². The fourth-order valence-electron chi connectivity index (χ4n) is 4.88. The molecule has 5 nitrogen and oxygen atoms in total. The fraction of sp³-hybridized carbons (Fsp3) is 0.684. The van der Waals surface area contributed by atoms with Crippen LogP contribution in [0, 0.1) is 11.3 Å². The molecule has 3 aliphatic rings. The van der Waals surface area contributed by atoms with Crippen molar-refractivity contribution in [2.45, 2.75) is 32.2 Å². The normalized spacial score (nSPS) is 31.0. The maximum atomic E-state index is 13.1. The van der Waals surface area contributed by atoms with Crippen LogP contribution in [0.25, 0.3) is 0 Å². The topological polar surface area (TPSA) is 45.7 Å². The first-order valence-corrected chi connectivity index (χ1v) is 9.25. The third kappa shape index (κ3) is 3.07. The molecule has 0 aromatic carbocycles. The van der Waals surface area contributed by atoms with Gasteiger partial charge in [0.05, 0.1) is 13.2 Å².